The predicted octanol–water partition coefficient (Wildman–Crippen LogP) is 1.02. The maximum absolute atomic E-state index is 4.36. The van der Waals surface area contributed by atoms with E-state index in [1.807, 2.05) is 7.05 Å². The van der Waals surface area contributed by atoms with Crippen molar-refractivity contribution in [3.8, 4) is 0 Å². The lowest BCUT2D eigenvalue weighted by Crippen LogP contribution is -2.43. The van der Waals surface area contributed by atoms with E-state index in [-0.39, 0.29) is 4.87 Å². The molecule has 0 aromatic carbocycles. The maximum Gasteiger partial charge on any atom is 0.0613 e. The van der Waals surface area contributed by atoms with Crippen molar-refractivity contribution in [2.24, 2.45) is 0 Å². The fraction of sp³-hybridized carbons (Fsp3) is 1.00. The van der Waals surface area contributed by atoms with Crippen LogP contribution in [0.3, 0.4) is 0 Å². The van der Waals surface area contributed by atoms with Crippen LogP contribution in [0.2, 0.25) is 0 Å². The Morgan fingerprint density at radius 3 is 2.14 bits per heavy atom. The monoisotopic (exact) mass is 117 g/mol. The van der Waals surface area contributed by atoms with Crippen molar-refractivity contribution in [3.05, 3.63) is 0 Å². The fourth-order valence-corrected chi connectivity index (χ4v) is 1.08. The Balaban J connectivity index is 2.29. The average molecular weight is 117 g/mol. The SMILES string of the molecule is CNC1(S)CCC1. The summed E-state index contributed by atoms with van der Waals surface area (Å²) in [7, 11) is 1.96. The molecule has 0 bridgehead atoms. The molecule has 0 spiro atoms. The molecule has 42 valence electrons. The highest BCUT2D eigenvalue weighted by molar-refractivity contribution is 7.81. The van der Waals surface area contributed by atoms with Gasteiger partial charge < -0.3 is 5.32 Å². The highest BCUT2D eigenvalue weighted by Gasteiger charge is 2.30. The molecule has 0 atom stereocenters. The van der Waals surface area contributed by atoms with Crippen molar-refractivity contribution < 1.29 is 0 Å². The molecule has 0 aromatic rings. The molecule has 1 fully saturated rings. The molecule has 1 aliphatic carbocycles. The van der Waals surface area contributed by atoms with Gasteiger partial charge in [-0.1, -0.05) is 0 Å². The van der Waals surface area contributed by atoms with Gasteiger partial charge in [0.25, 0.3) is 0 Å². The van der Waals surface area contributed by atoms with E-state index < -0.39 is 0 Å². The molecule has 1 aliphatic rings. The third-order valence-corrected chi connectivity index (χ3v) is 2.32. The number of hydrogen-bond acceptors (Lipinski definition) is 2. The number of hydrogen-bond donors (Lipinski definition) is 2. The first kappa shape index (κ1) is 5.45. The number of rotatable bonds is 1. The van der Waals surface area contributed by atoms with Crippen molar-refractivity contribution in [2.75, 3.05) is 7.05 Å². The van der Waals surface area contributed by atoms with Crippen LogP contribution in [0.4, 0.5) is 0 Å². The third-order valence-electron chi connectivity index (χ3n) is 1.65. The minimum absolute atomic E-state index is 0.208. The molecule has 0 aromatic heterocycles. The first-order valence-electron chi connectivity index (χ1n) is 2.68. The van der Waals surface area contributed by atoms with Crippen LogP contribution >= 0.6 is 12.6 Å². The van der Waals surface area contributed by atoms with E-state index in [0.717, 1.165) is 0 Å². The molecular weight excluding hydrogens is 106 g/mol. The van der Waals surface area contributed by atoms with E-state index in [4.69, 9.17) is 0 Å². The predicted molar refractivity (Wildman–Crippen MR) is 34.6 cm³/mol. The summed E-state index contributed by atoms with van der Waals surface area (Å²) in [6.45, 7) is 0. The van der Waals surface area contributed by atoms with Gasteiger partial charge in [-0.3, -0.25) is 0 Å². The van der Waals surface area contributed by atoms with Gasteiger partial charge in [-0.15, -0.1) is 0 Å². The quantitative estimate of drug-likeness (QED) is 0.386. The van der Waals surface area contributed by atoms with Crippen LogP contribution in [0.1, 0.15) is 19.3 Å². The summed E-state index contributed by atoms with van der Waals surface area (Å²) in [6, 6.07) is 0. The van der Waals surface area contributed by atoms with E-state index in [0.29, 0.717) is 0 Å². The molecule has 1 saturated carbocycles. The molecule has 0 saturated heterocycles. The normalized spacial score (nSPS) is 26.6. The molecule has 0 amide bonds. The van der Waals surface area contributed by atoms with Crippen LogP contribution in [0, 0.1) is 0 Å². The molecular formula is C5H11NS. The highest BCUT2D eigenvalue weighted by Crippen LogP contribution is 2.34. The van der Waals surface area contributed by atoms with Crippen molar-refractivity contribution in [2.45, 2.75) is 24.1 Å². The van der Waals surface area contributed by atoms with Gasteiger partial charge in [0, 0.05) is 0 Å². The first-order valence-corrected chi connectivity index (χ1v) is 3.13. The lowest BCUT2D eigenvalue weighted by atomic mass is 9.92. The lowest BCUT2D eigenvalue weighted by molar-refractivity contribution is 0.322. The highest BCUT2D eigenvalue weighted by atomic mass is 32.1. The summed E-state index contributed by atoms with van der Waals surface area (Å²) in [5, 5.41) is 3.14. The average Bonchev–Trinajstić information content (AvgIpc) is 1.61. The molecule has 0 aliphatic heterocycles. The van der Waals surface area contributed by atoms with Gasteiger partial charge in [0.05, 0.1) is 4.87 Å². The molecule has 2 heteroatoms. The summed E-state index contributed by atoms with van der Waals surface area (Å²) < 4.78 is 0. The minimum atomic E-state index is 0.208. The van der Waals surface area contributed by atoms with E-state index in [9.17, 15) is 0 Å². The van der Waals surface area contributed by atoms with E-state index in [1.54, 1.807) is 0 Å². The van der Waals surface area contributed by atoms with Crippen molar-refractivity contribution in [3.63, 3.8) is 0 Å². The van der Waals surface area contributed by atoms with Crippen LogP contribution in [0.25, 0.3) is 0 Å². The van der Waals surface area contributed by atoms with Crippen LogP contribution in [-0.4, -0.2) is 11.9 Å². The van der Waals surface area contributed by atoms with Crippen molar-refractivity contribution in [1.29, 1.82) is 0 Å². The Bertz CT molecular complexity index is 63.0. The van der Waals surface area contributed by atoms with E-state index in [1.165, 1.54) is 19.3 Å². The van der Waals surface area contributed by atoms with E-state index in [2.05, 4.69) is 17.9 Å². The number of nitrogens with one attached hydrogen (secondary N) is 1. The summed E-state index contributed by atoms with van der Waals surface area (Å²) in [6.07, 6.45) is 3.80. The molecule has 0 radical (unpaired) electrons. The third kappa shape index (κ3) is 0.916. The van der Waals surface area contributed by atoms with Crippen molar-refractivity contribution >= 4 is 12.6 Å². The van der Waals surface area contributed by atoms with E-state index >= 15 is 0 Å². The zero-order chi connectivity index (χ0) is 5.33. The second-order valence-electron chi connectivity index (χ2n) is 2.14. The molecule has 1 nitrogen and oxygen atoms in total. The smallest absolute Gasteiger partial charge is 0.0613 e. The molecule has 0 heterocycles. The second-order valence-corrected chi connectivity index (χ2v) is 2.99. The zero-order valence-corrected chi connectivity index (χ0v) is 5.46. The van der Waals surface area contributed by atoms with Crippen LogP contribution < -0.4 is 5.32 Å². The van der Waals surface area contributed by atoms with Gasteiger partial charge in [0.2, 0.25) is 0 Å². The topological polar surface area (TPSA) is 12.0 Å². The Morgan fingerprint density at radius 1 is 1.57 bits per heavy atom. The maximum atomic E-state index is 4.36. The second kappa shape index (κ2) is 1.67. The Hall–Kier alpha value is 0.310. The molecule has 1 N–H and O–H groups in total. The lowest BCUT2D eigenvalue weighted by Gasteiger charge is -2.36. The number of thiol groups is 1. The van der Waals surface area contributed by atoms with Gasteiger partial charge in [-0.25, -0.2) is 0 Å². The molecule has 1 rings (SSSR count). The van der Waals surface area contributed by atoms with Gasteiger partial charge >= 0.3 is 0 Å². The summed E-state index contributed by atoms with van der Waals surface area (Å²) >= 11 is 4.36. The van der Waals surface area contributed by atoms with Crippen LogP contribution in [0.5, 0.6) is 0 Å². The minimum Gasteiger partial charge on any atom is -0.306 e. The van der Waals surface area contributed by atoms with Gasteiger partial charge in [-0.2, -0.15) is 12.6 Å². The summed E-state index contributed by atoms with van der Waals surface area (Å²) in [4.78, 5) is 0.208. The molecule has 7 heavy (non-hydrogen) atoms. The summed E-state index contributed by atoms with van der Waals surface area (Å²) in [5.41, 5.74) is 0. The van der Waals surface area contributed by atoms with Crippen LogP contribution in [-0.2, 0) is 0 Å². The zero-order valence-electron chi connectivity index (χ0n) is 4.57. The summed E-state index contributed by atoms with van der Waals surface area (Å²) in [5.74, 6) is 0. The van der Waals surface area contributed by atoms with Crippen LogP contribution in [0.15, 0.2) is 0 Å². The van der Waals surface area contributed by atoms with Gasteiger partial charge in [0.1, 0.15) is 0 Å². The first-order chi connectivity index (χ1) is 3.27. The van der Waals surface area contributed by atoms with Gasteiger partial charge in [0.15, 0.2) is 0 Å². The standard InChI is InChI=1S/C5H11NS/c1-6-5(7)3-2-4-5/h6-7H,2-4H2,1H3. The largest absolute Gasteiger partial charge is 0.306 e. The molecule has 0 unspecified atom stereocenters. The fourth-order valence-electron chi connectivity index (χ4n) is 0.762. The Kier molecular flexibility index (Phi) is 1.30. The van der Waals surface area contributed by atoms with Gasteiger partial charge in [-0.05, 0) is 26.3 Å². The Labute approximate surface area is 49.9 Å². The van der Waals surface area contributed by atoms with Crippen molar-refractivity contribution in [1.82, 2.24) is 5.32 Å². The Morgan fingerprint density at radius 2 is 2.14 bits per heavy atom.